The van der Waals surface area contributed by atoms with E-state index in [2.05, 4.69) is 26.7 Å². The third-order valence-corrected chi connectivity index (χ3v) is 4.95. The lowest BCUT2D eigenvalue weighted by molar-refractivity contribution is 0.0601. The Morgan fingerprint density at radius 2 is 1.93 bits per heavy atom. The van der Waals surface area contributed by atoms with Crippen molar-refractivity contribution in [3.8, 4) is 0 Å². The molecule has 0 unspecified atom stereocenters. The van der Waals surface area contributed by atoms with Crippen molar-refractivity contribution in [3.63, 3.8) is 0 Å². The fraction of sp³-hybridized carbons (Fsp3) is 0.421. The third kappa shape index (κ3) is 3.80. The number of rotatable bonds is 5. The lowest BCUT2D eigenvalue weighted by atomic mass is 10.1. The molecule has 2 heterocycles. The van der Waals surface area contributed by atoms with E-state index < -0.39 is 5.97 Å². The lowest BCUT2D eigenvalue weighted by Gasteiger charge is -2.35. The molecule has 0 bridgehead atoms. The van der Waals surface area contributed by atoms with E-state index in [1.807, 2.05) is 19.2 Å². The maximum Gasteiger partial charge on any atom is 0.339 e. The number of carbonyl (C=O) groups is 1. The number of hydrogen-bond acceptors (Lipinski definition) is 8. The van der Waals surface area contributed by atoms with E-state index in [1.54, 1.807) is 17.0 Å². The summed E-state index contributed by atoms with van der Waals surface area (Å²) in [5, 5.41) is 0. The average Bonchev–Trinajstić information content (AvgIpc) is 2.73. The molecule has 0 saturated carbocycles. The molecule has 1 aliphatic rings. The smallest absolute Gasteiger partial charge is 0.339 e. The first-order valence-electron chi connectivity index (χ1n) is 9.05. The van der Waals surface area contributed by atoms with Gasteiger partial charge in [-0.05, 0) is 18.7 Å². The van der Waals surface area contributed by atoms with Gasteiger partial charge >= 0.3 is 5.97 Å². The number of methoxy groups -OCH3 is 1. The predicted molar refractivity (Wildman–Crippen MR) is 107 cm³/mol. The number of anilines is 4. The van der Waals surface area contributed by atoms with Crippen molar-refractivity contribution in [1.29, 1.82) is 0 Å². The molecule has 0 spiro atoms. The van der Waals surface area contributed by atoms with Crippen LogP contribution in [0, 0.1) is 0 Å². The predicted octanol–water partition coefficient (Wildman–Crippen LogP) is 1.76. The van der Waals surface area contributed by atoms with Gasteiger partial charge in [-0.1, -0.05) is 19.1 Å². The minimum absolute atomic E-state index is 0.402. The molecule has 1 fully saturated rings. The number of aromatic nitrogens is 2. The first-order valence-corrected chi connectivity index (χ1v) is 9.05. The number of carbonyl (C=O) groups excluding carboxylic acids is 1. The number of ether oxygens (including phenoxy) is 1. The molecule has 144 valence electrons. The van der Waals surface area contributed by atoms with Gasteiger partial charge in [-0.3, -0.25) is 0 Å². The van der Waals surface area contributed by atoms with E-state index in [1.165, 1.54) is 13.4 Å². The summed E-state index contributed by atoms with van der Waals surface area (Å²) in [4.78, 5) is 27.3. The van der Waals surface area contributed by atoms with Crippen LogP contribution in [0.15, 0.2) is 30.6 Å². The quantitative estimate of drug-likeness (QED) is 0.797. The van der Waals surface area contributed by atoms with Crippen molar-refractivity contribution in [2.45, 2.75) is 6.92 Å². The van der Waals surface area contributed by atoms with Crippen LogP contribution in [-0.2, 0) is 4.74 Å². The molecule has 1 aliphatic heterocycles. The second-order valence-corrected chi connectivity index (χ2v) is 6.42. The molecule has 0 aliphatic carbocycles. The summed E-state index contributed by atoms with van der Waals surface area (Å²) in [6.07, 6.45) is 1.52. The van der Waals surface area contributed by atoms with E-state index in [9.17, 15) is 4.79 Å². The van der Waals surface area contributed by atoms with Crippen molar-refractivity contribution in [1.82, 2.24) is 14.9 Å². The summed E-state index contributed by atoms with van der Waals surface area (Å²) < 4.78 is 4.89. The highest BCUT2D eigenvalue weighted by atomic mass is 16.5. The Labute approximate surface area is 159 Å². The topological polar surface area (TPSA) is 87.8 Å². The zero-order valence-electron chi connectivity index (χ0n) is 16.1. The number of esters is 1. The molecule has 2 N–H and O–H groups in total. The zero-order valence-corrected chi connectivity index (χ0v) is 16.1. The molecule has 0 radical (unpaired) electrons. The minimum atomic E-state index is -0.402. The molecule has 1 aromatic carbocycles. The first kappa shape index (κ1) is 18.9. The van der Waals surface area contributed by atoms with Crippen molar-refractivity contribution in [2.75, 3.05) is 62.4 Å². The van der Waals surface area contributed by atoms with Crippen LogP contribution in [0.4, 0.5) is 23.0 Å². The molecule has 8 nitrogen and oxygen atoms in total. The largest absolute Gasteiger partial charge is 0.465 e. The van der Waals surface area contributed by atoms with Crippen molar-refractivity contribution >= 4 is 29.0 Å². The number of nitrogens with zero attached hydrogens (tertiary/aromatic N) is 5. The summed E-state index contributed by atoms with van der Waals surface area (Å²) in [6, 6.07) is 7.22. The summed E-state index contributed by atoms with van der Waals surface area (Å²) >= 11 is 0. The molecule has 1 saturated heterocycles. The number of likely N-dealkylation sites (N-methyl/N-ethyl adjacent to an activating group) is 1. The highest BCUT2D eigenvalue weighted by Crippen LogP contribution is 2.34. The number of nitrogens with two attached hydrogens (primary N) is 1. The number of nitrogen functional groups attached to an aromatic ring is 1. The monoisotopic (exact) mass is 370 g/mol. The Morgan fingerprint density at radius 3 is 2.59 bits per heavy atom. The summed E-state index contributed by atoms with van der Waals surface area (Å²) in [6.45, 7) is 6.92. The Bertz CT molecular complexity index is 805. The Balaban J connectivity index is 1.91. The molecule has 2 aromatic rings. The van der Waals surface area contributed by atoms with Gasteiger partial charge in [-0.2, -0.15) is 0 Å². The normalized spacial score (nSPS) is 14.9. The maximum absolute atomic E-state index is 12.1. The molecule has 0 atom stereocenters. The lowest BCUT2D eigenvalue weighted by Crippen LogP contribution is -2.46. The van der Waals surface area contributed by atoms with Crippen LogP contribution in [0.3, 0.4) is 0 Å². The van der Waals surface area contributed by atoms with E-state index in [0.29, 0.717) is 22.8 Å². The number of piperazine rings is 1. The van der Waals surface area contributed by atoms with Crippen LogP contribution in [-0.4, -0.2) is 67.7 Å². The zero-order chi connectivity index (χ0) is 19.4. The molecule has 0 amide bonds. The summed E-state index contributed by atoms with van der Waals surface area (Å²) in [7, 11) is 3.20. The van der Waals surface area contributed by atoms with Crippen molar-refractivity contribution in [2.24, 2.45) is 0 Å². The molecule has 27 heavy (non-hydrogen) atoms. The van der Waals surface area contributed by atoms with Crippen molar-refractivity contribution in [3.05, 3.63) is 36.2 Å². The second-order valence-electron chi connectivity index (χ2n) is 6.42. The Morgan fingerprint density at radius 1 is 1.22 bits per heavy atom. The van der Waals surface area contributed by atoms with Gasteiger partial charge in [-0.25, -0.2) is 14.8 Å². The summed E-state index contributed by atoms with van der Waals surface area (Å²) in [5.41, 5.74) is 8.08. The van der Waals surface area contributed by atoms with Crippen LogP contribution >= 0.6 is 0 Å². The van der Waals surface area contributed by atoms with Gasteiger partial charge in [0.1, 0.15) is 12.0 Å². The van der Waals surface area contributed by atoms with Crippen LogP contribution < -0.4 is 15.5 Å². The highest BCUT2D eigenvalue weighted by molar-refractivity contribution is 5.97. The second kappa shape index (κ2) is 8.22. The van der Waals surface area contributed by atoms with E-state index in [-0.39, 0.29) is 0 Å². The maximum atomic E-state index is 12.1. The highest BCUT2D eigenvalue weighted by Gasteiger charge is 2.23. The third-order valence-electron chi connectivity index (χ3n) is 4.95. The van der Waals surface area contributed by atoms with Gasteiger partial charge < -0.3 is 25.2 Å². The molecular weight excluding hydrogens is 344 g/mol. The van der Waals surface area contributed by atoms with E-state index >= 15 is 0 Å². The Hall–Kier alpha value is -2.87. The van der Waals surface area contributed by atoms with Gasteiger partial charge in [0.15, 0.2) is 11.6 Å². The minimum Gasteiger partial charge on any atom is -0.465 e. The van der Waals surface area contributed by atoms with Gasteiger partial charge in [0, 0.05) is 33.2 Å². The number of hydrogen-bond donors (Lipinski definition) is 1. The van der Waals surface area contributed by atoms with Crippen LogP contribution in [0.2, 0.25) is 0 Å². The SMILES string of the molecule is CCN1CCN(c2ncnc(N(C)c3ccccc3C(=O)OC)c2N)CC1. The van der Waals surface area contributed by atoms with Crippen LogP contribution in [0.25, 0.3) is 0 Å². The van der Waals surface area contributed by atoms with Gasteiger partial charge in [0.2, 0.25) is 0 Å². The van der Waals surface area contributed by atoms with Crippen molar-refractivity contribution < 1.29 is 9.53 Å². The van der Waals surface area contributed by atoms with Crippen LogP contribution in [0.5, 0.6) is 0 Å². The molecule has 3 rings (SSSR count). The van der Waals surface area contributed by atoms with E-state index in [4.69, 9.17) is 10.5 Å². The fourth-order valence-corrected chi connectivity index (χ4v) is 3.34. The number of benzene rings is 1. The standard InChI is InChI=1S/C19H26N6O2/c1-4-24-9-11-25(12-10-24)18-16(20)17(21-13-22-18)23(2)15-8-6-5-7-14(15)19(26)27-3/h5-8,13H,4,9-12,20H2,1-3H3. The summed E-state index contributed by atoms with van der Waals surface area (Å²) in [5.74, 6) is 0.897. The van der Waals surface area contributed by atoms with Gasteiger partial charge in [0.25, 0.3) is 0 Å². The van der Waals surface area contributed by atoms with E-state index in [0.717, 1.165) is 38.5 Å². The average molecular weight is 370 g/mol. The number of para-hydroxylation sites is 1. The van der Waals surface area contributed by atoms with Gasteiger partial charge in [-0.15, -0.1) is 0 Å². The first-order chi connectivity index (χ1) is 13.1. The Kier molecular flexibility index (Phi) is 5.75. The van der Waals surface area contributed by atoms with Gasteiger partial charge in [0.05, 0.1) is 18.4 Å². The van der Waals surface area contributed by atoms with Crippen LogP contribution in [0.1, 0.15) is 17.3 Å². The molecule has 1 aromatic heterocycles. The fourth-order valence-electron chi connectivity index (χ4n) is 3.34. The molecular formula is C19H26N6O2. The molecule has 8 heteroatoms.